The molecule has 1 aromatic carbocycles. The van der Waals surface area contributed by atoms with Crippen molar-refractivity contribution >= 4 is 5.91 Å². The van der Waals surface area contributed by atoms with Gasteiger partial charge in [0.2, 0.25) is 5.88 Å². The molecule has 0 bridgehead atoms. The largest absolute Gasteiger partial charge is 0.434 e. The molecule has 128 valence electrons. The Morgan fingerprint density at radius 2 is 2.12 bits per heavy atom. The fraction of sp³-hybridized carbons (Fsp3) is 0.353. The number of unbranched alkanes of at least 4 members (excludes halogenated alkanes) is 2. The molecular formula is C17H21FN4O2. The molecule has 2 rings (SSSR count). The zero-order valence-electron chi connectivity index (χ0n) is 13.6. The third kappa shape index (κ3) is 5.27. The van der Waals surface area contributed by atoms with Crippen LogP contribution in [0.1, 0.15) is 42.2 Å². The van der Waals surface area contributed by atoms with Gasteiger partial charge in [-0.05, 0) is 30.7 Å². The van der Waals surface area contributed by atoms with Crippen LogP contribution in [0.2, 0.25) is 0 Å². The van der Waals surface area contributed by atoms with Gasteiger partial charge in [0.1, 0.15) is 5.69 Å². The minimum atomic E-state index is -0.684. The molecule has 0 atom stereocenters. The zero-order valence-corrected chi connectivity index (χ0v) is 13.6. The van der Waals surface area contributed by atoms with Crippen LogP contribution in [0.3, 0.4) is 0 Å². The van der Waals surface area contributed by atoms with Gasteiger partial charge in [0.25, 0.3) is 5.91 Å². The molecule has 3 N–H and O–H groups in total. The van der Waals surface area contributed by atoms with E-state index in [2.05, 4.69) is 22.2 Å². The van der Waals surface area contributed by atoms with Crippen molar-refractivity contribution in [3.63, 3.8) is 0 Å². The second-order valence-corrected chi connectivity index (χ2v) is 5.35. The van der Waals surface area contributed by atoms with Crippen molar-refractivity contribution in [3.8, 4) is 11.6 Å². The number of nitrogens with zero attached hydrogens (tertiary/aromatic N) is 2. The van der Waals surface area contributed by atoms with E-state index in [1.165, 1.54) is 31.3 Å². The summed E-state index contributed by atoms with van der Waals surface area (Å²) in [6.07, 6.45) is 5.88. The number of benzene rings is 1. The number of carbonyl (C=O) groups is 1. The third-order valence-electron chi connectivity index (χ3n) is 3.38. The highest BCUT2D eigenvalue weighted by molar-refractivity contribution is 5.90. The Morgan fingerprint density at radius 1 is 1.29 bits per heavy atom. The lowest BCUT2D eigenvalue weighted by molar-refractivity contribution is 0.0995. The van der Waals surface area contributed by atoms with E-state index in [0.717, 1.165) is 18.5 Å². The highest BCUT2D eigenvalue weighted by atomic mass is 19.1. The van der Waals surface area contributed by atoms with Gasteiger partial charge in [0.15, 0.2) is 11.6 Å². The Bertz CT molecular complexity index is 677. The highest BCUT2D eigenvalue weighted by Gasteiger charge is 2.09. The number of aromatic nitrogens is 2. The molecule has 0 saturated carbocycles. The normalized spacial score (nSPS) is 10.6. The number of primary amides is 1. The average molecular weight is 332 g/mol. The predicted molar refractivity (Wildman–Crippen MR) is 88.3 cm³/mol. The molecule has 24 heavy (non-hydrogen) atoms. The molecule has 0 saturated heterocycles. The number of amides is 1. The molecule has 1 amide bonds. The first-order chi connectivity index (χ1) is 11.6. The Labute approximate surface area is 140 Å². The van der Waals surface area contributed by atoms with Gasteiger partial charge in [-0.3, -0.25) is 4.79 Å². The van der Waals surface area contributed by atoms with E-state index in [9.17, 15) is 9.18 Å². The number of rotatable bonds is 9. The van der Waals surface area contributed by atoms with Gasteiger partial charge in [-0.1, -0.05) is 25.8 Å². The number of ether oxygens (including phenoxy) is 1. The van der Waals surface area contributed by atoms with Crippen molar-refractivity contribution < 1.29 is 13.9 Å². The molecule has 0 fully saturated rings. The summed E-state index contributed by atoms with van der Waals surface area (Å²) < 4.78 is 19.4. The van der Waals surface area contributed by atoms with Crippen molar-refractivity contribution in [2.24, 2.45) is 5.73 Å². The minimum absolute atomic E-state index is 0.0207. The summed E-state index contributed by atoms with van der Waals surface area (Å²) in [5, 5.41) is 3.28. The van der Waals surface area contributed by atoms with E-state index in [4.69, 9.17) is 10.5 Å². The fourth-order valence-corrected chi connectivity index (χ4v) is 2.08. The van der Waals surface area contributed by atoms with Crippen LogP contribution in [0.5, 0.6) is 11.6 Å². The molecule has 2 aromatic rings. The average Bonchev–Trinajstić information content (AvgIpc) is 2.57. The van der Waals surface area contributed by atoms with E-state index in [1.807, 2.05) is 0 Å². The molecule has 0 aliphatic heterocycles. The van der Waals surface area contributed by atoms with Crippen molar-refractivity contribution in [2.75, 3.05) is 6.54 Å². The molecule has 0 aliphatic rings. The number of nitrogens with one attached hydrogen (secondary N) is 1. The van der Waals surface area contributed by atoms with Crippen LogP contribution in [-0.4, -0.2) is 22.4 Å². The van der Waals surface area contributed by atoms with E-state index in [0.29, 0.717) is 6.54 Å². The lowest BCUT2D eigenvalue weighted by Crippen LogP contribution is -2.14. The first-order valence-corrected chi connectivity index (χ1v) is 7.89. The highest BCUT2D eigenvalue weighted by Crippen LogP contribution is 2.23. The number of nitrogens with two attached hydrogens (primary N) is 1. The first-order valence-electron chi connectivity index (χ1n) is 7.89. The van der Waals surface area contributed by atoms with Crippen LogP contribution in [0.15, 0.2) is 30.6 Å². The maximum atomic E-state index is 14.1. The number of hydrogen-bond acceptors (Lipinski definition) is 5. The van der Waals surface area contributed by atoms with Gasteiger partial charge < -0.3 is 15.8 Å². The van der Waals surface area contributed by atoms with E-state index < -0.39 is 11.7 Å². The van der Waals surface area contributed by atoms with Crippen LogP contribution in [0.4, 0.5) is 4.39 Å². The Balaban J connectivity index is 1.93. The van der Waals surface area contributed by atoms with Gasteiger partial charge in [-0.25, -0.2) is 14.4 Å². The fourth-order valence-electron chi connectivity index (χ4n) is 2.08. The quantitative estimate of drug-likeness (QED) is 0.689. The van der Waals surface area contributed by atoms with Crippen LogP contribution < -0.4 is 15.8 Å². The molecule has 6 nitrogen and oxygen atoms in total. The van der Waals surface area contributed by atoms with Crippen molar-refractivity contribution in [3.05, 3.63) is 47.7 Å². The van der Waals surface area contributed by atoms with Gasteiger partial charge in [0, 0.05) is 6.54 Å². The summed E-state index contributed by atoms with van der Waals surface area (Å²) in [7, 11) is 0. The topological polar surface area (TPSA) is 90.1 Å². The maximum absolute atomic E-state index is 14.1. The van der Waals surface area contributed by atoms with Gasteiger partial charge in [-0.15, -0.1) is 0 Å². The third-order valence-corrected chi connectivity index (χ3v) is 3.38. The lowest BCUT2D eigenvalue weighted by atomic mass is 10.2. The van der Waals surface area contributed by atoms with E-state index in [1.54, 1.807) is 12.1 Å². The molecular weight excluding hydrogens is 311 g/mol. The number of hydrogen-bond donors (Lipinski definition) is 2. The van der Waals surface area contributed by atoms with Gasteiger partial charge in [-0.2, -0.15) is 0 Å². The van der Waals surface area contributed by atoms with Crippen LogP contribution in [-0.2, 0) is 6.54 Å². The van der Waals surface area contributed by atoms with Gasteiger partial charge >= 0.3 is 0 Å². The van der Waals surface area contributed by atoms with E-state index in [-0.39, 0.29) is 17.3 Å². The maximum Gasteiger partial charge on any atom is 0.268 e. The number of halogens is 1. The lowest BCUT2D eigenvalue weighted by Gasteiger charge is -2.08. The molecule has 1 heterocycles. The summed E-state index contributed by atoms with van der Waals surface area (Å²) in [5.74, 6) is -1.03. The van der Waals surface area contributed by atoms with Crippen LogP contribution in [0.25, 0.3) is 0 Å². The molecule has 7 heteroatoms. The Kier molecular flexibility index (Phi) is 6.62. The van der Waals surface area contributed by atoms with Crippen molar-refractivity contribution in [1.29, 1.82) is 0 Å². The standard InChI is InChI=1S/C17H21FN4O2/c1-2-3-4-7-20-9-12-5-6-15(13(18)8-12)24-16-11-21-14(10-22-16)17(19)23/h5-6,8,10-11,20H,2-4,7,9H2,1H3,(H2,19,23). The second-order valence-electron chi connectivity index (χ2n) is 5.35. The molecule has 0 radical (unpaired) electrons. The molecule has 0 unspecified atom stereocenters. The predicted octanol–water partition coefficient (Wildman–Crippen LogP) is 2.79. The molecule has 0 spiro atoms. The summed E-state index contributed by atoms with van der Waals surface area (Å²) in [6, 6.07) is 4.76. The van der Waals surface area contributed by atoms with Crippen LogP contribution >= 0.6 is 0 Å². The number of carbonyl (C=O) groups excluding carboxylic acids is 1. The summed E-state index contributed by atoms with van der Waals surface area (Å²) in [4.78, 5) is 18.6. The van der Waals surface area contributed by atoms with Crippen molar-refractivity contribution in [2.45, 2.75) is 32.7 Å². The Morgan fingerprint density at radius 3 is 2.75 bits per heavy atom. The van der Waals surface area contributed by atoms with Gasteiger partial charge in [0.05, 0.1) is 12.4 Å². The van der Waals surface area contributed by atoms with Crippen molar-refractivity contribution in [1.82, 2.24) is 15.3 Å². The summed E-state index contributed by atoms with van der Waals surface area (Å²) in [6.45, 7) is 3.67. The summed E-state index contributed by atoms with van der Waals surface area (Å²) in [5.41, 5.74) is 5.94. The van der Waals surface area contributed by atoms with Crippen LogP contribution in [0, 0.1) is 5.82 Å². The first kappa shape index (κ1) is 17.8. The smallest absolute Gasteiger partial charge is 0.268 e. The molecule has 1 aromatic heterocycles. The zero-order chi connectivity index (χ0) is 17.4. The Hall–Kier alpha value is -2.54. The molecule has 0 aliphatic carbocycles. The van der Waals surface area contributed by atoms with E-state index >= 15 is 0 Å². The minimum Gasteiger partial charge on any atom is -0.434 e. The summed E-state index contributed by atoms with van der Waals surface area (Å²) >= 11 is 0. The monoisotopic (exact) mass is 332 g/mol. The SMILES string of the molecule is CCCCCNCc1ccc(Oc2cnc(C(N)=O)cn2)c(F)c1. The second kappa shape index (κ2) is 8.93.